The molecule has 2 heterocycles. The van der Waals surface area contributed by atoms with Crippen LogP contribution in [-0.4, -0.2) is 65.4 Å². The molecule has 3 fully saturated rings. The van der Waals surface area contributed by atoms with Crippen molar-refractivity contribution >= 4 is 23.4 Å². The Labute approximate surface area is 184 Å². The molecule has 4 rings (SSSR count). The second-order valence-electron chi connectivity index (χ2n) is 10.1. The van der Waals surface area contributed by atoms with Crippen LogP contribution in [0, 0.1) is 12.3 Å². The van der Waals surface area contributed by atoms with Crippen molar-refractivity contribution in [3.8, 4) is 0 Å². The third kappa shape index (κ3) is 4.12. The summed E-state index contributed by atoms with van der Waals surface area (Å²) >= 11 is 0. The number of hydrogen-bond acceptors (Lipinski definition) is 4. The Kier molecular flexibility index (Phi) is 5.66. The van der Waals surface area contributed by atoms with Crippen LogP contribution >= 0.6 is 0 Å². The lowest BCUT2D eigenvalue weighted by Crippen LogP contribution is -2.50. The van der Waals surface area contributed by atoms with Gasteiger partial charge in [0.25, 0.3) is 0 Å². The molecule has 2 saturated heterocycles. The number of aliphatic hydroxyl groups is 1. The number of benzene rings is 1. The lowest BCUT2D eigenvalue weighted by atomic mass is 9.78. The molecule has 1 aliphatic carbocycles. The van der Waals surface area contributed by atoms with E-state index in [-0.39, 0.29) is 11.5 Å². The average molecular weight is 430 g/mol. The summed E-state index contributed by atoms with van der Waals surface area (Å²) < 4.78 is 0. The van der Waals surface area contributed by atoms with Crippen molar-refractivity contribution in [1.82, 2.24) is 4.90 Å². The molecule has 7 heteroatoms. The van der Waals surface area contributed by atoms with Gasteiger partial charge >= 0.3 is 6.09 Å². The smallest absolute Gasteiger partial charge is 0.411 e. The number of carbonyl (C=O) groups excluding carboxylic acids is 1. The molecule has 1 aromatic rings. The van der Waals surface area contributed by atoms with Crippen LogP contribution in [0.25, 0.3) is 0 Å². The highest BCUT2D eigenvalue weighted by Crippen LogP contribution is 2.44. The Morgan fingerprint density at radius 2 is 1.87 bits per heavy atom. The number of carboxylic acid groups (broad SMARTS) is 1. The Balaban J connectivity index is 1.49. The molecule has 0 radical (unpaired) electrons. The highest BCUT2D eigenvalue weighted by molar-refractivity contribution is 5.87. The minimum atomic E-state index is -0.982. The molecule has 2 aliphatic heterocycles. The number of carbonyl (C=O) groups is 2. The van der Waals surface area contributed by atoms with E-state index in [9.17, 15) is 19.8 Å². The fourth-order valence-corrected chi connectivity index (χ4v) is 5.76. The lowest BCUT2D eigenvalue weighted by Gasteiger charge is -2.42. The zero-order valence-corrected chi connectivity index (χ0v) is 18.9. The van der Waals surface area contributed by atoms with E-state index in [4.69, 9.17) is 0 Å². The molecule has 1 aromatic carbocycles. The molecule has 3 aliphatic rings. The molecule has 0 bridgehead atoms. The maximum absolute atomic E-state index is 13.6. The summed E-state index contributed by atoms with van der Waals surface area (Å²) in [7, 11) is 1.54. The topological polar surface area (TPSA) is 84.3 Å². The predicted octanol–water partition coefficient (Wildman–Crippen LogP) is 3.62. The van der Waals surface area contributed by atoms with Gasteiger partial charge in [-0.15, -0.1) is 0 Å². The normalized spacial score (nSPS) is 31.4. The molecular formula is C24H35N3O4. The van der Waals surface area contributed by atoms with Gasteiger partial charge in [-0.05, 0) is 82.6 Å². The van der Waals surface area contributed by atoms with Gasteiger partial charge in [-0.25, -0.2) is 4.79 Å². The maximum atomic E-state index is 13.6. The summed E-state index contributed by atoms with van der Waals surface area (Å²) in [6, 6.07) is 5.99. The van der Waals surface area contributed by atoms with E-state index in [1.165, 1.54) is 4.90 Å². The Morgan fingerprint density at radius 3 is 2.52 bits per heavy atom. The van der Waals surface area contributed by atoms with Gasteiger partial charge in [0.1, 0.15) is 0 Å². The van der Waals surface area contributed by atoms with Crippen molar-refractivity contribution in [2.75, 3.05) is 36.5 Å². The molecule has 1 unspecified atom stereocenters. The number of rotatable bonds is 3. The van der Waals surface area contributed by atoms with E-state index in [1.54, 1.807) is 7.05 Å². The molecule has 1 saturated carbocycles. The lowest BCUT2D eigenvalue weighted by molar-refractivity contribution is -0.140. The SMILES string of the molecule is Cc1cc(N(C)C(=O)O)ccc1N1CCCC2(CCN(C3CCC(C)(O)CC3)C2=O)C1. The van der Waals surface area contributed by atoms with Gasteiger partial charge in [-0.1, -0.05) is 0 Å². The molecule has 2 amide bonds. The van der Waals surface area contributed by atoms with Gasteiger partial charge in [0.05, 0.1) is 11.0 Å². The van der Waals surface area contributed by atoms with Gasteiger partial charge in [0.15, 0.2) is 0 Å². The number of anilines is 2. The van der Waals surface area contributed by atoms with Crippen molar-refractivity contribution < 1.29 is 19.8 Å². The van der Waals surface area contributed by atoms with E-state index in [1.807, 2.05) is 32.0 Å². The number of hydrogen-bond donors (Lipinski definition) is 2. The molecule has 2 N–H and O–H groups in total. The minimum absolute atomic E-state index is 0.259. The second kappa shape index (κ2) is 8.01. The van der Waals surface area contributed by atoms with E-state index in [0.29, 0.717) is 11.6 Å². The first-order chi connectivity index (χ1) is 14.6. The first-order valence-corrected chi connectivity index (χ1v) is 11.5. The molecular weight excluding hydrogens is 394 g/mol. The van der Waals surface area contributed by atoms with E-state index >= 15 is 0 Å². The summed E-state index contributed by atoms with van der Waals surface area (Å²) in [5.74, 6) is 0.295. The van der Waals surface area contributed by atoms with Gasteiger partial charge in [-0.3, -0.25) is 9.69 Å². The minimum Gasteiger partial charge on any atom is -0.465 e. The summed E-state index contributed by atoms with van der Waals surface area (Å²) in [4.78, 5) is 30.5. The second-order valence-corrected chi connectivity index (χ2v) is 10.1. The van der Waals surface area contributed by atoms with Crippen LogP contribution in [0.15, 0.2) is 18.2 Å². The fourth-order valence-electron chi connectivity index (χ4n) is 5.76. The largest absolute Gasteiger partial charge is 0.465 e. The van der Waals surface area contributed by atoms with Crippen LogP contribution < -0.4 is 9.80 Å². The summed E-state index contributed by atoms with van der Waals surface area (Å²) in [6.07, 6.45) is 5.12. The van der Waals surface area contributed by atoms with Crippen LogP contribution in [-0.2, 0) is 4.79 Å². The average Bonchev–Trinajstić information content (AvgIpc) is 3.03. The van der Waals surface area contributed by atoms with Gasteiger partial charge < -0.3 is 20.0 Å². The van der Waals surface area contributed by atoms with Crippen LogP contribution in [0.2, 0.25) is 0 Å². The molecule has 7 nitrogen and oxygen atoms in total. The molecule has 1 atom stereocenters. The van der Waals surface area contributed by atoms with Crippen LogP contribution in [0.5, 0.6) is 0 Å². The van der Waals surface area contributed by atoms with Crippen LogP contribution in [0.4, 0.5) is 16.2 Å². The van der Waals surface area contributed by atoms with E-state index in [0.717, 1.165) is 75.8 Å². The van der Waals surface area contributed by atoms with Crippen molar-refractivity contribution in [1.29, 1.82) is 0 Å². The van der Waals surface area contributed by atoms with Gasteiger partial charge in [0.2, 0.25) is 5.91 Å². The molecule has 31 heavy (non-hydrogen) atoms. The fraction of sp³-hybridized carbons (Fsp3) is 0.667. The summed E-state index contributed by atoms with van der Waals surface area (Å²) in [6.45, 7) is 6.36. The number of amides is 2. The Bertz CT molecular complexity index is 860. The first-order valence-electron chi connectivity index (χ1n) is 11.5. The number of likely N-dealkylation sites (tertiary alicyclic amines) is 1. The number of aryl methyl sites for hydroxylation is 1. The van der Waals surface area contributed by atoms with Crippen molar-refractivity contribution in [2.24, 2.45) is 5.41 Å². The van der Waals surface area contributed by atoms with Gasteiger partial charge in [-0.2, -0.15) is 0 Å². The van der Waals surface area contributed by atoms with Crippen molar-refractivity contribution in [2.45, 2.75) is 70.4 Å². The van der Waals surface area contributed by atoms with E-state index < -0.39 is 11.7 Å². The summed E-state index contributed by atoms with van der Waals surface area (Å²) in [5, 5.41) is 19.5. The Morgan fingerprint density at radius 1 is 1.16 bits per heavy atom. The third-order valence-electron chi connectivity index (χ3n) is 7.79. The molecule has 1 spiro atoms. The van der Waals surface area contributed by atoms with Crippen LogP contribution in [0.3, 0.4) is 0 Å². The van der Waals surface area contributed by atoms with Crippen LogP contribution in [0.1, 0.15) is 57.4 Å². The van der Waals surface area contributed by atoms with E-state index in [2.05, 4.69) is 9.80 Å². The quantitative estimate of drug-likeness (QED) is 0.767. The third-order valence-corrected chi connectivity index (χ3v) is 7.79. The number of piperidine rings is 1. The zero-order valence-electron chi connectivity index (χ0n) is 18.9. The highest BCUT2D eigenvalue weighted by atomic mass is 16.4. The standard InChI is InChI=1S/C24H35N3O4/c1-17-15-19(25(3)22(29)30)5-6-20(17)26-13-4-9-24(16-26)12-14-27(21(24)28)18-7-10-23(2,31)11-8-18/h5-6,15,18,31H,4,7-14,16H2,1-3H3,(H,29,30). The van der Waals surface area contributed by atoms with Gasteiger partial charge in [0, 0.05) is 44.1 Å². The zero-order chi connectivity index (χ0) is 22.4. The monoisotopic (exact) mass is 429 g/mol. The number of nitrogens with zero attached hydrogens (tertiary/aromatic N) is 3. The maximum Gasteiger partial charge on any atom is 0.411 e. The van der Waals surface area contributed by atoms with Crippen molar-refractivity contribution in [3.05, 3.63) is 23.8 Å². The highest BCUT2D eigenvalue weighted by Gasteiger charge is 2.51. The molecule has 0 aromatic heterocycles. The molecule has 170 valence electrons. The first kappa shape index (κ1) is 21.9. The predicted molar refractivity (Wildman–Crippen MR) is 121 cm³/mol. The Hall–Kier alpha value is -2.28. The van der Waals surface area contributed by atoms with Crippen molar-refractivity contribution in [3.63, 3.8) is 0 Å². The summed E-state index contributed by atoms with van der Waals surface area (Å²) in [5.41, 5.74) is 1.86.